The highest BCUT2D eigenvalue weighted by Crippen LogP contribution is 2.37. The fraction of sp³-hybridized carbons (Fsp3) is 0.217. The molecule has 1 heterocycles. The summed E-state index contributed by atoms with van der Waals surface area (Å²) in [6, 6.07) is 10.7. The summed E-state index contributed by atoms with van der Waals surface area (Å²) < 4.78 is 5.03. The molecule has 0 radical (unpaired) electrons. The van der Waals surface area contributed by atoms with E-state index in [0.29, 0.717) is 24.2 Å². The van der Waals surface area contributed by atoms with E-state index in [1.165, 1.54) is 29.2 Å². The van der Waals surface area contributed by atoms with Gasteiger partial charge in [0.25, 0.3) is 5.91 Å². The van der Waals surface area contributed by atoms with E-state index >= 15 is 0 Å². The van der Waals surface area contributed by atoms with Gasteiger partial charge in [-0.2, -0.15) is 0 Å². The second-order valence-electron chi connectivity index (χ2n) is 7.44. The lowest BCUT2D eigenvalue weighted by Crippen LogP contribution is -2.30. The molecule has 0 spiro atoms. The van der Waals surface area contributed by atoms with Gasteiger partial charge in [0.05, 0.1) is 38.8 Å². The molecule has 3 amide bonds. The molecule has 7 nitrogen and oxygen atoms in total. The van der Waals surface area contributed by atoms with Crippen molar-refractivity contribution in [1.29, 1.82) is 0 Å². The van der Waals surface area contributed by atoms with Gasteiger partial charge in [0, 0.05) is 0 Å². The summed E-state index contributed by atoms with van der Waals surface area (Å²) in [5.74, 6) is -2.41. The Morgan fingerprint density at radius 3 is 2.22 bits per heavy atom. The molecule has 1 fully saturated rings. The summed E-state index contributed by atoms with van der Waals surface area (Å²) in [6.45, 7) is -0.525. The first-order valence-corrected chi connectivity index (χ1v) is 10.7. The number of imide groups is 1. The van der Waals surface area contributed by atoms with Gasteiger partial charge in [0.2, 0.25) is 11.8 Å². The Morgan fingerprint density at radius 2 is 1.59 bits per heavy atom. The number of carbonyl (C=O) groups is 4. The molecule has 0 unspecified atom stereocenters. The molecule has 32 heavy (non-hydrogen) atoms. The summed E-state index contributed by atoms with van der Waals surface area (Å²) >= 11 is 11.9. The van der Waals surface area contributed by atoms with Crippen molar-refractivity contribution in [2.75, 3.05) is 16.8 Å². The van der Waals surface area contributed by atoms with Crippen molar-refractivity contribution in [1.82, 2.24) is 0 Å². The Labute approximate surface area is 193 Å². The van der Waals surface area contributed by atoms with E-state index in [1.54, 1.807) is 18.2 Å². The molecule has 1 N–H and O–H groups in total. The smallest absolute Gasteiger partial charge is 0.338 e. The fourth-order valence-corrected chi connectivity index (χ4v) is 4.15. The first-order valence-electron chi connectivity index (χ1n) is 9.90. The maximum Gasteiger partial charge on any atom is 0.338 e. The molecule has 164 valence electrons. The van der Waals surface area contributed by atoms with Crippen LogP contribution in [0.25, 0.3) is 0 Å². The number of carbonyl (C=O) groups excluding carboxylic acids is 4. The van der Waals surface area contributed by atoms with Gasteiger partial charge < -0.3 is 10.1 Å². The molecule has 9 heteroatoms. The van der Waals surface area contributed by atoms with Crippen LogP contribution in [0.5, 0.6) is 0 Å². The Balaban J connectivity index is 1.36. The van der Waals surface area contributed by atoms with Crippen molar-refractivity contribution in [3.8, 4) is 0 Å². The van der Waals surface area contributed by atoms with Gasteiger partial charge in [-0.25, -0.2) is 4.79 Å². The number of hydrogen-bond acceptors (Lipinski definition) is 5. The molecule has 1 aliphatic carbocycles. The van der Waals surface area contributed by atoms with E-state index < -0.39 is 18.5 Å². The normalized spacial score (nSPS) is 19.6. The average Bonchev–Trinajstić information content (AvgIpc) is 3.06. The number of anilines is 2. The number of amides is 3. The first-order chi connectivity index (χ1) is 15.4. The predicted molar refractivity (Wildman–Crippen MR) is 120 cm³/mol. The zero-order chi connectivity index (χ0) is 22.8. The Kier molecular flexibility index (Phi) is 6.30. The third-order valence-electron chi connectivity index (χ3n) is 5.43. The zero-order valence-corrected chi connectivity index (χ0v) is 18.2. The number of nitrogens with one attached hydrogen (secondary N) is 1. The minimum atomic E-state index is -0.721. The highest BCUT2D eigenvalue weighted by atomic mass is 35.5. The van der Waals surface area contributed by atoms with E-state index in [9.17, 15) is 19.2 Å². The Morgan fingerprint density at radius 1 is 0.969 bits per heavy atom. The first kappa shape index (κ1) is 22.0. The van der Waals surface area contributed by atoms with Gasteiger partial charge in [0.1, 0.15) is 0 Å². The second-order valence-corrected chi connectivity index (χ2v) is 8.23. The number of fused-ring (bicyclic) bond motifs is 1. The van der Waals surface area contributed by atoms with Crippen LogP contribution in [-0.4, -0.2) is 30.3 Å². The lowest BCUT2D eigenvalue weighted by atomic mass is 9.85. The number of esters is 1. The molecule has 4 rings (SSSR count). The summed E-state index contributed by atoms with van der Waals surface area (Å²) in [5, 5.41) is 2.99. The molecule has 2 aromatic rings. The molecular weight excluding hydrogens is 455 g/mol. The lowest BCUT2D eigenvalue weighted by Gasteiger charge is -2.15. The Bertz CT molecular complexity index is 1100. The maximum absolute atomic E-state index is 12.7. The van der Waals surface area contributed by atoms with Gasteiger partial charge in [-0.15, -0.1) is 0 Å². The highest BCUT2D eigenvalue weighted by Gasteiger charge is 2.47. The quantitative estimate of drug-likeness (QED) is 0.398. The van der Waals surface area contributed by atoms with Gasteiger partial charge >= 0.3 is 5.97 Å². The number of allylic oxidation sites excluding steroid dienone is 2. The van der Waals surface area contributed by atoms with Gasteiger partial charge in [0.15, 0.2) is 6.61 Å². The topological polar surface area (TPSA) is 92.8 Å². The van der Waals surface area contributed by atoms with E-state index in [-0.39, 0.29) is 39.3 Å². The largest absolute Gasteiger partial charge is 0.452 e. The van der Waals surface area contributed by atoms with Crippen molar-refractivity contribution in [3.05, 3.63) is 70.2 Å². The Hall–Kier alpha value is -3.16. The van der Waals surface area contributed by atoms with Gasteiger partial charge in [-0.1, -0.05) is 41.4 Å². The molecule has 2 aromatic carbocycles. The predicted octanol–water partition coefficient (Wildman–Crippen LogP) is 4.24. The monoisotopic (exact) mass is 472 g/mol. The molecule has 1 aliphatic heterocycles. The second kappa shape index (κ2) is 9.14. The minimum absolute atomic E-state index is 0.181. The van der Waals surface area contributed by atoms with Crippen LogP contribution in [0, 0.1) is 11.8 Å². The van der Waals surface area contributed by atoms with Crippen molar-refractivity contribution >= 4 is 58.3 Å². The average molecular weight is 473 g/mol. The van der Waals surface area contributed by atoms with Gasteiger partial charge in [-0.05, 0) is 49.2 Å². The summed E-state index contributed by atoms with van der Waals surface area (Å²) in [5.41, 5.74) is 0.889. The minimum Gasteiger partial charge on any atom is -0.452 e. The zero-order valence-electron chi connectivity index (χ0n) is 16.7. The standard InChI is InChI=1S/C23H18Cl2N2O5/c24-17-6-3-7-18(20(17)25)26-19(28)12-32-23(31)13-8-10-14(11-9-13)27-21(29)15-4-1-2-5-16(15)22(27)30/h1-3,6-11,15-16H,4-5,12H2,(H,26,28)/t15-,16+. The van der Waals surface area contributed by atoms with E-state index in [4.69, 9.17) is 27.9 Å². The van der Waals surface area contributed by atoms with Crippen LogP contribution in [0.15, 0.2) is 54.6 Å². The molecule has 2 aliphatic rings. The van der Waals surface area contributed by atoms with Gasteiger partial charge in [-0.3, -0.25) is 19.3 Å². The number of ether oxygens (including phenoxy) is 1. The van der Waals surface area contributed by atoms with E-state index in [1.807, 2.05) is 12.2 Å². The summed E-state index contributed by atoms with van der Waals surface area (Å²) in [7, 11) is 0. The van der Waals surface area contributed by atoms with Crippen molar-refractivity contribution in [3.63, 3.8) is 0 Å². The molecule has 1 saturated heterocycles. The van der Waals surface area contributed by atoms with Crippen molar-refractivity contribution in [2.24, 2.45) is 11.8 Å². The number of rotatable bonds is 5. The van der Waals surface area contributed by atoms with E-state index in [0.717, 1.165) is 0 Å². The molecular formula is C23H18Cl2N2O5. The molecule has 0 aromatic heterocycles. The number of halogens is 2. The highest BCUT2D eigenvalue weighted by molar-refractivity contribution is 6.44. The van der Waals surface area contributed by atoms with Crippen LogP contribution < -0.4 is 10.2 Å². The molecule has 2 atom stereocenters. The van der Waals surface area contributed by atoms with Crippen LogP contribution in [0.4, 0.5) is 11.4 Å². The van der Waals surface area contributed by atoms with Crippen LogP contribution in [0.3, 0.4) is 0 Å². The van der Waals surface area contributed by atoms with E-state index in [2.05, 4.69) is 5.32 Å². The third kappa shape index (κ3) is 4.26. The SMILES string of the molecule is O=C(COC(=O)c1ccc(N2C(=O)[C@H]3CC=CC[C@H]3C2=O)cc1)Nc1cccc(Cl)c1Cl. The maximum atomic E-state index is 12.7. The van der Waals surface area contributed by atoms with Crippen molar-refractivity contribution < 1.29 is 23.9 Å². The molecule has 0 bridgehead atoms. The summed E-state index contributed by atoms with van der Waals surface area (Å²) in [6.07, 6.45) is 4.95. The van der Waals surface area contributed by atoms with Crippen LogP contribution in [-0.2, 0) is 19.1 Å². The van der Waals surface area contributed by atoms with Crippen LogP contribution in [0.2, 0.25) is 10.0 Å². The third-order valence-corrected chi connectivity index (χ3v) is 6.25. The van der Waals surface area contributed by atoms with Crippen LogP contribution >= 0.6 is 23.2 Å². The number of benzene rings is 2. The molecule has 0 saturated carbocycles. The number of hydrogen-bond donors (Lipinski definition) is 1. The van der Waals surface area contributed by atoms with Crippen molar-refractivity contribution in [2.45, 2.75) is 12.8 Å². The summed E-state index contributed by atoms with van der Waals surface area (Å²) in [4.78, 5) is 50.8. The van der Waals surface area contributed by atoms with Crippen LogP contribution in [0.1, 0.15) is 23.2 Å². The lowest BCUT2D eigenvalue weighted by molar-refractivity contribution is -0.122. The fourth-order valence-electron chi connectivity index (χ4n) is 3.80. The number of nitrogens with zero attached hydrogens (tertiary/aromatic N) is 1.